The van der Waals surface area contributed by atoms with Gasteiger partial charge < -0.3 is 10.0 Å². The Morgan fingerprint density at radius 1 is 1.35 bits per heavy atom. The molecule has 0 aromatic rings. The summed E-state index contributed by atoms with van der Waals surface area (Å²) in [6.45, 7) is 4.31. The summed E-state index contributed by atoms with van der Waals surface area (Å²) in [7, 11) is 0. The number of aliphatic carboxylic acids is 1. The summed E-state index contributed by atoms with van der Waals surface area (Å²) in [4.78, 5) is 24.4. The molecule has 0 heterocycles. The summed E-state index contributed by atoms with van der Waals surface area (Å²) < 4.78 is 0. The molecule has 0 aromatic heterocycles. The standard InChI is InChI=1S/C13H23NO3/c1-3-14(10(2)8-13(16)17)12(15)9-11-6-4-5-7-11/h10-11H,3-9H2,1-2H3,(H,16,17). The summed E-state index contributed by atoms with van der Waals surface area (Å²) in [5, 5.41) is 8.76. The van der Waals surface area contributed by atoms with Gasteiger partial charge in [0, 0.05) is 19.0 Å². The first-order valence-corrected chi connectivity index (χ1v) is 6.55. The molecule has 0 spiro atoms. The van der Waals surface area contributed by atoms with E-state index in [4.69, 9.17) is 5.11 Å². The van der Waals surface area contributed by atoms with Crippen LogP contribution in [0.3, 0.4) is 0 Å². The second-order valence-electron chi connectivity index (χ2n) is 4.98. The molecule has 0 saturated heterocycles. The summed E-state index contributed by atoms with van der Waals surface area (Å²) >= 11 is 0. The fraction of sp³-hybridized carbons (Fsp3) is 0.846. The monoisotopic (exact) mass is 241 g/mol. The molecule has 1 saturated carbocycles. The van der Waals surface area contributed by atoms with E-state index in [0.29, 0.717) is 18.9 Å². The van der Waals surface area contributed by atoms with Gasteiger partial charge in [0.1, 0.15) is 0 Å². The summed E-state index contributed by atoms with van der Waals surface area (Å²) in [5.74, 6) is -0.202. The van der Waals surface area contributed by atoms with E-state index >= 15 is 0 Å². The number of carbonyl (C=O) groups is 2. The first kappa shape index (κ1) is 14.0. The highest BCUT2D eigenvalue weighted by Gasteiger charge is 2.25. The lowest BCUT2D eigenvalue weighted by atomic mass is 10.0. The highest BCUT2D eigenvalue weighted by molar-refractivity contribution is 5.77. The summed E-state index contributed by atoms with van der Waals surface area (Å²) in [5.41, 5.74) is 0. The summed E-state index contributed by atoms with van der Waals surface area (Å²) in [6, 6.07) is -0.202. The van der Waals surface area contributed by atoms with Crippen LogP contribution in [0.5, 0.6) is 0 Å². The fourth-order valence-corrected chi connectivity index (χ4v) is 2.68. The molecule has 1 aliphatic carbocycles. The molecule has 4 nitrogen and oxygen atoms in total. The minimum absolute atomic E-state index is 0.0320. The normalized spacial score (nSPS) is 18.0. The van der Waals surface area contributed by atoms with Crippen LogP contribution in [0.4, 0.5) is 0 Å². The van der Waals surface area contributed by atoms with Crippen LogP contribution in [0, 0.1) is 5.92 Å². The van der Waals surface area contributed by atoms with Gasteiger partial charge in [-0.15, -0.1) is 0 Å². The molecule has 1 amide bonds. The number of carboxylic acids is 1. The highest BCUT2D eigenvalue weighted by Crippen LogP contribution is 2.28. The molecule has 1 unspecified atom stereocenters. The Morgan fingerprint density at radius 3 is 2.41 bits per heavy atom. The summed E-state index contributed by atoms with van der Waals surface area (Å²) in [6.07, 6.45) is 5.39. The molecular formula is C13H23NO3. The maximum atomic E-state index is 12.1. The molecule has 17 heavy (non-hydrogen) atoms. The number of hydrogen-bond donors (Lipinski definition) is 1. The van der Waals surface area contributed by atoms with Crippen LogP contribution in [0.2, 0.25) is 0 Å². The molecule has 0 bridgehead atoms. The van der Waals surface area contributed by atoms with Crippen molar-refractivity contribution in [2.75, 3.05) is 6.54 Å². The Balaban J connectivity index is 2.47. The lowest BCUT2D eigenvalue weighted by Crippen LogP contribution is -2.40. The predicted molar refractivity (Wildman–Crippen MR) is 65.7 cm³/mol. The van der Waals surface area contributed by atoms with Crippen molar-refractivity contribution in [3.63, 3.8) is 0 Å². The van der Waals surface area contributed by atoms with Crippen molar-refractivity contribution in [1.29, 1.82) is 0 Å². The van der Waals surface area contributed by atoms with Gasteiger partial charge in [0.25, 0.3) is 0 Å². The Labute approximate surface area is 103 Å². The zero-order valence-electron chi connectivity index (χ0n) is 10.8. The van der Waals surface area contributed by atoms with Crippen molar-refractivity contribution < 1.29 is 14.7 Å². The lowest BCUT2D eigenvalue weighted by Gasteiger charge is -2.28. The number of nitrogens with zero attached hydrogens (tertiary/aromatic N) is 1. The highest BCUT2D eigenvalue weighted by atomic mass is 16.4. The zero-order valence-corrected chi connectivity index (χ0v) is 10.8. The maximum absolute atomic E-state index is 12.1. The SMILES string of the molecule is CCN(C(=O)CC1CCCC1)C(C)CC(=O)O. The van der Waals surface area contributed by atoms with Crippen LogP contribution in [0.25, 0.3) is 0 Å². The minimum atomic E-state index is -0.843. The number of hydrogen-bond acceptors (Lipinski definition) is 2. The van der Waals surface area contributed by atoms with E-state index in [2.05, 4.69) is 0 Å². The second-order valence-corrected chi connectivity index (χ2v) is 4.98. The van der Waals surface area contributed by atoms with E-state index in [1.54, 1.807) is 4.90 Å². The zero-order chi connectivity index (χ0) is 12.8. The maximum Gasteiger partial charge on any atom is 0.305 e. The number of rotatable bonds is 6. The molecule has 0 radical (unpaired) electrons. The number of carbonyl (C=O) groups excluding carboxylic acids is 1. The smallest absolute Gasteiger partial charge is 0.305 e. The topological polar surface area (TPSA) is 57.6 Å². The van der Waals surface area contributed by atoms with Crippen LogP contribution in [0.15, 0.2) is 0 Å². The third kappa shape index (κ3) is 4.36. The van der Waals surface area contributed by atoms with Gasteiger partial charge in [-0.25, -0.2) is 0 Å². The van der Waals surface area contributed by atoms with E-state index in [0.717, 1.165) is 12.8 Å². The van der Waals surface area contributed by atoms with Crippen molar-refractivity contribution in [3.8, 4) is 0 Å². The third-order valence-corrected chi connectivity index (χ3v) is 3.60. The molecule has 0 aliphatic heterocycles. The quantitative estimate of drug-likeness (QED) is 0.776. The fourth-order valence-electron chi connectivity index (χ4n) is 2.68. The van der Waals surface area contributed by atoms with Gasteiger partial charge in [-0.2, -0.15) is 0 Å². The Hall–Kier alpha value is -1.06. The molecule has 98 valence electrons. The van der Waals surface area contributed by atoms with Crippen molar-refractivity contribution in [2.24, 2.45) is 5.92 Å². The molecule has 1 atom stereocenters. The Bertz CT molecular complexity index is 272. The number of carboxylic acid groups (broad SMARTS) is 1. The average molecular weight is 241 g/mol. The third-order valence-electron chi connectivity index (χ3n) is 3.60. The molecule has 1 aliphatic rings. The Morgan fingerprint density at radius 2 is 1.94 bits per heavy atom. The van der Waals surface area contributed by atoms with Gasteiger partial charge in [-0.05, 0) is 32.6 Å². The molecule has 1 fully saturated rings. The van der Waals surface area contributed by atoms with Crippen molar-refractivity contribution in [2.45, 2.75) is 58.4 Å². The lowest BCUT2D eigenvalue weighted by molar-refractivity contribution is -0.140. The Kier molecular flexibility index (Phi) is 5.45. The van der Waals surface area contributed by atoms with E-state index in [-0.39, 0.29) is 18.4 Å². The largest absolute Gasteiger partial charge is 0.481 e. The van der Waals surface area contributed by atoms with E-state index in [9.17, 15) is 9.59 Å². The van der Waals surface area contributed by atoms with Crippen LogP contribution in [0.1, 0.15) is 52.4 Å². The van der Waals surface area contributed by atoms with Crippen LogP contribution in [-0.2, 0) is 9.59 Å². The average Bonchev–Trinajstić information content (AvgIpc) is 2.70. The van der Waals surface area contributed by atoms with Gasteiger partial charge in [0.15, 0.2) is 0 Å². The number of amides is 1. The first-order chi connectivity index (χ1) is 8.04. The minimum Gasteiger partial charge on any atom is -0.481 e. The van der Waals surface area contributed by atoms with Crippen LogP contribution >= 0.6 is 0 Å². The van der Waals surface area contributed by atoms with E-state index < -0.39 is 5.97 Å². The molecular weight excluding hydrogens is 218 g/mol. The van der Waals surface area contributed by atoms with E-state index in [1.807, 2.05) is 13.8 Å². The second kappa shape index (κ2) is 6.62. The van der Waals surface area contributed by atoms with Gasteiger partial charge in [-0.3, -0.25) is 9.59 Å². The van der Waals surface area contributed by atoms with Crippen molar-refractivity contribution >= 4 is 11.9 Å². The van der Waals surface area contributed by atoms with Crippen molar-refractivity contribution in [3.05, 3.63) is 0 Å². The van der Waals surface area contributed by atoms with Crippen molar-refractivity contribution in [1.82, 2.24) is 4.90 Å². The van der Waals surface area contributed by atoms with Gasteiger partial charge in [0.2, 0.25) is 5.91 Å². The van der Waals surface area contributed by atoms with Gasteiger partial charge in [-0.1, -0.05) is 12.8 Å². The molecule has 4 heteroatoms. The van der Waals surface area contributed by atoms with Gasteiger partial charge >= 0.3 is 5.97 Å². The van der Waals surface area contributed by atoms with Crippen LogP contribution < -0.4 is 0 Å². The molecule has 0 aromatic carbocycles. The van der Waals surface area contributed by atoms with Gasteiger partial charge in [0.05, 0.1) is 6.42 Å². The van der Waals surface area contributed by atoms with E-state index in [1.165, 1.54) is 12.8 Å². The van der Waals surface area contributed by atoms with Crippen LogP contribution in [-0.4, -0.2) is 34.5 Å². The molecule has 1 N–H and O–H groups in total. The molecule has 1 rings (SSSR count). The first-order valence-electron chi connectivity index (χ1n) is 6.55. The predicted octanol–water partition coefficient (Wildman–Crippen LogP) is 2.28.